The number of amides is 1. The smallest absolute Gasteiger partial charge is 0.270 e. The number of hydrogen-bond donors (Lipinski definition) is 1. The molecule has 6 nitrogen and oxygen atoms in total. The van der Waals surface area contributed by atoms with Crippen molar-refractivity contribution in [3.05, 3.63) is 23.9 Å². The lowest BCUT2D eigenvalue weighted by molar-refractivity contribution is -0.138. The van der Waals surface area contributed by atoms with Gasteiger partial charge in [0.15, 0.2) is 0 Å². The summed E-state index contributed by atoms with van der Waals surface area (Å²) in [6, 6.07) is 5.64. The number of rotatable bonds is 4. The number of aromatic nitrogens is 1. The van der Waals surface area contributed by atoms with Gasteiger partial charge in [-0.2, -0.15) is 5.26 Å². The lowest BCUT2D eigenvalue weighted by atomic mass is 9.53. The highest BCUT2D eigenvalue weighted by Gasteiger charge is 2.52. The van der Waals surface area contributed by atoms with Crippen LogP contribution in [0.1, 0.15) is 44.1 Å². The Morgan fingerprint density at radius 3 is 2.38 bits per heavy atom. The maximum atomic E-state index is 15.1. The van der Waals surface area contributed by atoms with Crippen molar-refractivity contribution < 1.29 is 9.18 Å². The van der Waals surface area contributed by atoms with Gasteiger partial charge in [0, 0.05) is 37.9 Å². The van der Waals surface area contributed by atoms with E-state index in [4.69, 9.17) is 0 Å². The van der Waals surface area contributed by atoms with Crippen LogP contribution in [0, 0.1) is 29.1 Å². The van der Waals surface area contributed by atoms with Gasteiger partial charge in [0.1, 0.15) is 11.9 Å². The third-order valence-corrected chi connectivity index (χ3v) is 7.48. The molecule has 0 aromatic carbocycles. The van der Waals surface area contributed by atoms with Crippen LogP contribution >= 0.6 is 0 Å². The molecule has 1 unspecified atom stereocenters. The SMILES string of the molecule is N#Cc1cccnc1N1CCN(C(F)C(=O)NC23CC4CC(CC(C4)C2)C3)CC1. The van der Waals surface area contributed by atoms with E-state index in [1.807, 2.05) is 4.90 Å². The molecule has 6 rings (SSSR count). The second-order valence-corrected chi connectivity index (χ2v) is 9.53. The van der Waals surface area contributed by atoms with E-state index in [-0.39, 0.29) is 5.54 Å². The van der Waals surface area contributed by atoms with Crippen LogP contribution in [0.4, 0.5) is 10.2 Å². The molecule has 4 saturated carbocycles. The summed E-state index contributed by atoms with van der Waals surface area (Å²) >= 11 is 0. The molecule has 7 heteroatoms. The summed E-state index contributed by atoms with van der Waals surface area (Å²) in [5.74, 6) is 2.33. The van der Waals surface area contributed by atoms with Crippen molar-refractivity contribution in [1.82, 2.24) is 15.2 Å². The molecule has 0 spiro atoms. The number of halogens is 1. The highest BCUT2D eigenvalue weighted by molar-refractivity contribution is 5.81. The first kappa shape index (κ1) is 18.8. The lowest BCUT2D eigenvalue weighted by Gasteiger charge is -2.57. The number of nitrogens with zero attached hydrogens (tertiary/aromatic N) is 4. The van der Waals surface area contributed by atoms with Gasteiger partial charge in [0.05, 0.1) is 5.56 Å². The van der Waals surface area contributed by atoms with Crippen molar-refractivity contribution >= 4 is 11.7 Å². The summed E-state index contributed by atoms with van der Waals surface area (Å²) in [5, 5.41) is 12.4. The number of alkyl halides is 1. The van der Waals surface area contributed by atoms with Gasteiger partial charge in [-0.05, 0) is 68.4 Å². The normalized spacial score (nSPS) is 34.6. The van der Waals surface area contributed by atoms with Crippen molar-refractivity contribution in [2.45, 2.75) is 50.4 Å². The van der Waals surface area contributed by atoms with Crippen LogP contribution in [0.15, 0.2) is 18.3 Å². The van der Waals surface area contributed by atoms with E-state index < -0.39 is 12.2 Å². The predicted molar refractivity (Wildman–Crippen MR) is 107 cm³/mol. The minimum Gasteiger partial charge on any atom is -0.353 e. The van der Waals surface area contributed by atoms with E-state index in [1.54, 1.807) is 23.2 Å². The minimum absolute atomic E-state index is 0.159. The zero-order valence-electron chi connectivity index (χ0n) is 16.7. The van der Waals surface area contributed by atoms with Crippen LogP contribution in [0.25, 0.3) is 0 Å². The zero-order chi connectivity index (χ0) is 20.0. The third kappa shape index (κ3) is 3.48. The Balaban J connectivity index is 1.19. The first-order valence-corrected chi connectivity index (χ1v) is 10.9. The van der Waals surface area contributed by atoms with Gasteiger partial charge in [-0.25, -0.2) is 9.37 Å². The lowest BCUT2D eigenvalue weighted by Crippen LogP contribution is -2.63. The maximum Gasteiger partial charge on any atom is 0.270 e. The predicted octanol–water partition coefficient (Wildman–Crippen LogP) is 2.46. The molecule has 1 N–H and O–H groups in total. The summed E-state index contributed by atoms with van der Waals surface area (Å²) in [7, 11) is 0. The van der Waals surface area contributed by atoms with Crippen molar-refractivity contribution in [3.8, 4) is 6.07 Å². The van der Waals surface area contributed by atoms with Crippen molar-refractivity contribution in [1.29, 1.82) is 5.26 Å². The Morgan fingerprint density at radius 1 is 1.17 bits per heavy atom. The molecule has 1 aliphatic heterocycles. The number of nitrogens with one attached hydrogen (secondary N) is 1. The second kappa shape index (κ2) is 7.24. The number of piperazine rings is 1. The van der Waals surface area contributed by atoms with Gasteiger partial charge in [-0.3, -0.25) is 9.69 Å². The quantitative estimate of drug-likeness (QED) is 0.790. The topological polar surface area (TPSA) is 72.3 Å². The van der Waals surface area contributed by atoms with E-state index in [0.29, 0.717) is 37.6 Å². The molecule has 29 heavy (non-hydrogen) atoms. The fraction of sp³-hybridized carbons (Fsp3) is 0.682. The van der Waals surface area contributed by atoms with Crippen molar-refractivity contribution in [2.75, 3.05) is 31.1 Å². The van der Waals surface area contributed by atoms with Gasteiger partial charge in [0.2, 0.25) is 6.30 Å². The fourth-order valence-electron chi connectivity index (χ4n) is 6.65. The number of hydrogen-bond acceptors (Lipinski definition) is 5. The van der Waals surface area contributed by atoms with Crippen LogP contribution in [0.3, 0.4) is 0 Å². The molecule has 5 fully saturated rings. The van der Waals surface area contributed by atoms with Crippen LogP contribution in [0.5, 0.6) is 0 Å². The molecular formula is C22H28FN5O. The van der Waals surface area contributed by atoms with Crippen LogP contribution in [-0.2, 0) is 4.79 Å². The van der Waals surface area contributed by atoms with E-state index >= 15 is 4.39 Å². The average molecular weight is 397 g/mol. The number of carbonyl (C=O) groups is 1. The van der Waals surface area contributed by atoms with E-state index in [1.165, 1.54) is 19.3 Å². The first-order chi connectivity index (χ1) is 14.0. The monoisotopic (exact) mass is 397 g/mol. The molecule has 1 aromatic rings. The molecule has 4 bridgehead atoms. The third-order valence-electron chi connectivity index (χ3n) is 7.48. The first-order valence-electron chi connectivity index (χ1n) is 10.9. The van der Waals surface area contributed by atoms with Crippen LogP contribution in [-0.4, -0.2) is 53.8 Å². The molecule has 154 valence electrons. The number of carbonyl (C=O) groups excluding carboxylic acids is 1. The molecule has 1 atom stereocenters. The minimum atomic E-state index is -1.61. The van der Waals surface area contributed by atoms with E-state index in [2.05, 4.69) is 16.4 Å². The zero-order valence-corrected chi connectivity index (χ0v) is 16.7. The Labute approximate surface area is 171 Å². The summed E-state index contributed by atoms with van der Waals surface area (Å²) in [6.07, 6.45) is 7.05. The summed E-state index contributed by atoms with van der Waals surface area (Å²) in [4.78, 5) is 20.7. The highest BCUT2D eigenvalue weighted by Crippen LogP contribution is 2.55. The van der Waals surface area contributed by atoms with Crippen LogP contribution in [0.2, 0.25) is 0 Å². The molecule has 1 amide bonds. The Morgan fingerprint density at radius 2 is 1.79 bits per heavy atom. The summed E-state index contributed by atoms with van der Waals surface area (Å²) < 4.78 is 15.1. The maximum absolute atomic E-state index is 15.1. The number of nitriles is 1. The molecule has 4 aliphatic carbocycles. The highest BCUT2D eigenvalue weighted by atomic mass is 19.1. The second-order valence-electron chi connectivity index (χ2n) is 9.53. The molecule has 0 radical (unpaired) electrons. The van der Waals surface area contributed by atoms with Gasteiger partial charge < -0.3 is 10.2 Å². The number of pyridine rings is 1. The van der Waals surface area contributed by atoms with E-state index in [0.717, 1.165) is 37.0 Å². The van der Waals surface area contributed by atoms with Gasteiger partial charge in [-0.1, -0.05) is 0 Å². The number of anilines is 1. The Bertz CT molecular complexity index is 793. The van der Waals surface area contributed by atoms with Gasteiger partial charge in [0.25, 0.3) is 5.91 Å². The molecule has 5 aliphatic rings. The van der Waals surface area contributed by atoms with Crippen molar-refractivity contribution in [3.63, 3.8) is 0 Å². The summed E-state index contributed by atoms with van der Waals surface area (Å²) in [5.41, 5.74) is 0.366. The fourth-order valence-corrected chi connectivity index (χ4v) is 6.65. The molecule has 1 saturated heterocycles. The molecule has 1 aromatic heterocycles. The standard InChI is InChI=1S/C22H28FN5O/c23-19(21(29)26-22-11-15-8-16(12-22)10-17(9-15)13-22)27-4-6-28(7-5-27)20-18(14-24)2-1-3-25-20/h1-3,15-17,19H,4-13H2,(H,26,29). The van der Waals surface area contributed by atoms with E-state index in [9.17, 15) is 10.1 Å². The van der Waals surface area contributed by atoms with Crippen LogP contribution < -0.4 is 10.2 Å². The molecule has 2 heterocycles. The summed E-state index contributed by atoms with van der Waals surface area (Å²) in [6.45, 7) is 1.99. The average Bonchev–Trinajstić information content (AvgIpc) is 2.72. The van der Waals surface area contributed by atoms with Crippen molar-refractivity contribution in [2.24, 2.45) is 17.8 Å². The molecular weight excluding hydrogens is 369 g/mol. The Kier molecular flexibility index (Phi) is 4.70. The largest absolute Gasteiger partial charge is 0.353 e. The Hall–Kier alpha value is -2.20. The van der Waals surface area contributed by atoms with Gasteiger partial charge >= 0.3 is 0 Å². The van der Waals surface area contributed by atoms with Gasteiger partial charge in [-0.15, -0.1) is 0 Å².